The predicted octanol–water partition coefficient (Wildman–Crippen LogP) is 2.88. The fraction of sp³-hybridized carbons (Fsp3) is 0.231. The summed E-state index contributed by atoms with van der Waals surface area (Å²) in [5, 5.41) is 0.744. The number of esters is 1. The van der Waals surface area contributed by atoms with Crippen molar-refractivity contribution in [3.05, 3.63) is 34.8 Å². The minimum Gasteiger partial charge on any atom is -0.461 e. The molecule has 0 bridgehead atoms. The second kappa shape index (κ2) is 5.18. The maximum absolute atomic E-state index is 11.7. The van der Waals surface area contributed by atoms with Crippen molar-refractivity contribution in [2.45, 2.75) is 13.8 Å². The number of anilines is 1. The molecule has 94 valence electrons. The first kappa shape index (κ1) is 12.6. The van der Waals surface area contributed by atoms with Gasteiger partial charge in [-0.05, 0) is 26.0 Å². The van der Waals surface area contributed by atoms with Crippen LogP contribution in [0.25, 0.3) is 10.6 Å². The SMILES string of the molecule is CCOC(=O)c1nc(-c2ccccc2N)sc1C. The van der Waals surface area contributed by atoms with Crippen molar-refractivity contribution >= 4 is 23.0 Å². The van der Waals surface area contributed by atoms with Gasteiger partial charge >= 0.3 is 5.97 Å². The highest BCUT2D eigenvalue weighted by atomic mass is 32.1. The number of benzene rings is 1. The van der Waals surface area contributed by atoms with Gasteiger partial charge in [-0.3, -0.25) is 0 Å². The van der Waals surface area contributed by atoms with Crippen molar-refractivity contribution in [3.8, 4) is 10.6 Å². The number of hydrogen-bond acceptors (Lipinski definition) is 5. The smallest absolute Gasteiger partial charge is 0.358 e. The standard InChI is InChI=1S/C13H14N2O2S/c1-3-17-13(16)11-8(2)18-12(15-11)9-6-4-5-7-10(9)14/h4-7H,3,14H2,1-2H3. The molecule has 0 aliphatic rings. The van der Waals surface area contributed by atoms with Gasteiger partial charge in [-0.1, -0.05) is 12.1 Å². The topological polar surface area (TPSA) is 65.2 Å². The number of thiazole rings is 1. The van der Waals surface area contributed by atoms with E-state index in [9.17, 15) is 4.79 Å². The van der Waals surface area contributed by atoms with E-state index in [-0.39, 0.29) is 5.97 Å². The molecule has 0 aliphatic heterocycles. The average Bonchev–Trinajstić information content (AvgIpc) is 2.72. The van der Waals surface area contributed by atoms with Crippen molar-refractivity contribution in [2.24, 2.45) is 0 Å². The molecule has 0 amide bonds. The molecule has 0 spiro atoms. The Morgan fingerprint density at radius 3 is 2.83 bits per heavy atom. The number of carbonyl (C=O) groups is 1. The molecule has 5 heteroatoms. The van der Waals surface area contributed by atoms with E-state index in [2.05, 4.69) is 4.98 Å². The molecule has 0 saturated carbocycles. The largest absolute Gasteiger partial charge is 0.461 e. The van der Waals surface area contributed by atoms with Crippen LogP contribution < -0.4 is 5.73 Å². The van der Waals surface area contributed by atoms with Crippen LogP contribution in [-0.4, -0.2) is 17.6 Å². The fourth-order valence-corrected chi connectivity index (χ4v) is 2.54. The van der Waals surface area contributed by atoms with Crippen LogP contribution in [0.3, 0.4) is 0 Å². The highest BCUT2D eigenvalue weighted by molar-refractivity contribution is 7.15. The molecule has 0 atom stereocenters. The molecule has 0 radical (unpaired) electrons. The molecule has 0 aliphatic carbocycles. The Morgan fingerprint density at radius 2 is 2.17 bits per heavy atom. The summed E-state index contributed by atoms with van der Waals surface area (Å²) in [5.41, 5.74) is 7.77. The zero-order chi connectivity index (χ0) is 13.1. The Bertz CT molecular complexity index is 578. The van der Waals surface area contributed by atoms with Crippen molar-refractivity contribution < 1.29 is 9.53 Å². The Morgan fingerprint density at radius 1 is 1.44 bits per heavy atom. The highest BCUT2D eigenvalue weighted by Gasteiger charge is 2.17. The number of carbonyl (C=O) groups excluding carboxylic acids is 1. The minimum absolute atomic E-state index is 0.346. The number of nitrogens with zero attached hydrogens (tertiary/aromatic N) is 1. The quantitative estimate of drug-likeness (QED) is 0.682. The first-order valence-corrected chi connectivity index (χ1v) is 6.44. The highest BCUT2D eigenvalue weighted by Crippen LogP contribution is 2.31. The Kier molecular flexibility index (Phi) is 3.62. The lowest BCUT2D eigenvalue weighted by Gasteiger charge is -2.00. The number of hydrogen-bond donors (Lipinski definition) is 1. The van der Waals surface area contributed by atoms with Gasteiger partial charge in [-0.2, -0.15) is 0 Å². The van der Waals surface area contributed by atoms with Crippen LogP contribution in [0.1, 0.15) is 22.3 Å². The van der Waals surface area contributed by atoms with Crippen LogP contribution in [-0.2, 0) is 4.74 Å². The molecule has 4 nitrogen and oxygen atoms in total. The summed E-state index contributed by atoms with van der Waals surface area (Å²) in [6.45, 7) is 3.97. The number of para-hydroxylation sites is 1. The van der Waals surface area contributed by atoms with E-state index < -0.39 is 0 Å². The second-order valence-corrected chi connectivity index (χ2v) is 4.93. The molecular weight excluding hydrogens is 248 g/mol. The summed E-state index contributed by atoms with van der Waals surface area (Å²) in [6, 6.07) is 7.47. The molecular formula is C13H14N2O2S. The third-order valence-corrected chi connectivity index (χ3v) is 3.46. The Balaban J connectivity index is 2.41. The van der Waals surface area contributed by atoms with Gasteiger partial charge in [-0.15, -0.1) is 11.3 Å². The van der Waals surface area contributed by atoms with Crippen LogP contribution in [0.15, 0.2) is 24.3 Å². The molecule has 2 N–H and O–H groups in total. The lowest BCUT2D eigenvalue weighted by molar-refractivity contribution is 0.0519. The van der Waals surface area contributed by atoms with Gasteiger partial charge in [0.2, 0.25) is 0 Å². The molecule has 1 aromatic heterocycles. The summed E-state index contributed by atoms with van der Waals surface area (Å²) in [7, 11) is 0. The van der Waals surface area contributed by atoms with Crippen molar-refractivity contribution in [3.63, 3.8) is 0 Å². The minimum atomic E-state index is -0.382. The van der Waals surface area contributed by atoms with E-state index in [0.717, 1.165) is 15.4 Å². The number of aryl methyl sites for hydroxylation is 1. The van der Waals surface area contributed by atoms with Crippen LogP contribution in [0, 0.1) is 6.92 Å². The van der Waals surface area contributed by atoms with Gasteiger partial charge in [0.1, 0.15) is 5.01 Å². The summed E-state index contributed by atoms with van der Waals surface area (Å²) >= 11 is 1.44. The zero-order valence-corrected chi connectivity index (χ0v) is 11.1. The lowest BCUT2D eigenvalue weighted by atomic mass is 10.2. The van der Waals surface area contributed by atoms with Gasteiger partial charge in [0.05, 0.1) is 6.61 Å². The first-order valence-electron chi connectivity index (χ1n) is 5.63. The molecule has 2 rings (SSSR count). The predicted molar refractivity (Wildman–Crippen MR) is 72.7 cm³/mol. The number of rotatable bonds is 3. The van der Waals surface area contributed by atoms with E-state index in [4.69, 9.17) is 10.5 Å². The van der Waals surface area contributed by atoms with Gasteiger partial charge in [0.15, 0.2) is 5.69 Å². The zero-order valence-electron chi connectivity index (χ0n) is 10.3. The molecule has 0 fully saturated rings. The summed E-state index contributed by atoms with van der Waals surface area (Å²) in [4.78, 5) is 16.8. The monoisotopic (exact) mass is 262 g/mol. The molecule has 0 unspecified atom stereocenters. The fourth-order valence-electron chi connectivity index (χ4n) is 1.59. The third-order valence-electron chi connectivity index (χ3n) is 2.46. The number of nitrogens with two attached hydrogens (primary N) is 1. The summed E-state index contributed by atoms with van der Waals surface area (Å²) in [6.07, 6.45) is 0. The number of aromatic nitrogens is 1. The number of nitrogen functional groups attached to an aromatic ring is 1. The van der Waals surface area contributed by atoms with Gasteiger partial charge in [0.25, 0.3) is 0 Å². The second-order valence-electron chi connectivity index (χ2n) is 3.73. The summed E-state index contributed by atoms with van der Waals surface area (Å²) < 4.78 is 4.96. The Labute approximate surface area is 109 Å². The molecule has 1 heterocycles. The van der Waals surface area contributed by atoms with Gasteiger partial charge in [-0.25, -0.2) is 9.78 Å². The van der Waals surface area contributed by atoms with E-state index >= 15 is 0 Å². The van der Waals surface area contributed by atoms with Crippen molar-refractivity contribution in [1.82, 2.24) is 4.98 Å². The normalized spacial score (nSPS) is 10.3. The van der Waals surface area contributed by atoms with Gasteiger partial charge in [0, 0.05) is 16.1 Å². The van der Waals surface area contributed by atoms with E-state index in [0.29, 0.717) is 18.0 Å². The van der Waals surface area contributed by atoms with Crippen LogP contribution in [0.5, 0.6) is 0 Å². The van der Waals surface area contributed by atoms with Crippen LogP contribution >= 0.6 is 11.3 Å². The maximum atomic E-state index is 11.7. The third kappa shape index (κ3) is 2.36. The van der Waals surface area contributed by atoms with Crippen molar-refractivity contribution in [2.75, 3.05) is 12.3 Å². The molecule has 0 saturated heterocycles. The van der Waals surface area contributed by atoms with E-state index in [1.54, 1.807) is 6.92 Å². The lowest BCUT2D eigenvalue weighted by Crippen LogP contribution is -2.06. The van der Waals surface area contributed by atoms with E-state index in [1.165, 1.54) is 11.3 Å². The number of ether oxygens (including phenoxy) is 1. The molecule has 18 heavy (non-hydrogen) atoms. The summed E-state index contributed by atoms with van der Waals surface area (Å²) in [5.74, 6) is -0.382. The van der Waals surface area contributed by atoms with E-state index in [1.807, 2.05) is 31.2 Å². The molecule has 2 aromatic rings. The maximum Gasteiger partial charge on any atom is 0.358 e. The molecule has 1 aromatic carbocycles. The first-order chi connectivity index (χ1) is 8.63. The Hall–Kier alpha value is -1.88. The van der Waals surface area contributed by atoms with Crippen LogP contribution in [0.2, 0.25) is 0 Å². The van der Waals surface area contributed by atoms with Crippen molar-refractivity contribution in [1.29, 1.82) is 0 Å². The van der Waals surface area contributed by atoms with Crippen LogP contribution in [0.4, 0.5) is 5.69 Å². The van der Waals surface area contributed by atoms with Gasteiger partial charge < -0.3 is 10.5 Å². The average molecular weight is 262 g/mol.